The largest absolute Gasteiger partial charge is 0.575 e. The van der Waals surface area contributed by atoms with Gasteiger partial charge in [-0.25, -0.2) is 0 Å². The van der Waals surface area contributed by atoms with Crippen molar-refractivity contribution in [3.8, 4) is 0 Å². The van der Waals surface area contributed by atoms with E-state index in [1.807, 2.05) is 13.8 Å². The van der Waals surface area contributed by atoms with Gasteiger partial charge in [-0.1, -0.05) is 12.2 Å². The fraction of sp³-hybridized carbons (Fsp3) is 0.333. The molecule has 0 bridgehead atoms. The Morgan fingerprint density at radius 3 is 1.78 bits per heavy atom. The zero-order valence-electron chi connectivity index (χ0n) is 5.83. The lowest BCUT2D eigenvalue weighted by atomic mass is 10.4. The summed E-state index contributed by atoms with van der Waals surface area (Å²) in [4.78, 5) is 0. The average molecular weight is 126 g/mol. The van der Waals surface area contributed by atoms with Crippen molar-refractivity contribution in [2.24, 2.45) is 0 Å². The van der Waals surface area contributed by atoms with Crippen LogP contribution in [0.4, 0.5) is 0 Å². The Kier molecular flexibility index (Phi) is 6.47. The van der Waals surface area contributed by atoms with E-state index in [0.29, 0.717) is 0 Å². The molecule has 0 aliphatic heterocycles. The van der Waals surface area contributed by atoms with Gasteiger partial charge in [-0.15, -0.1) is 0 Å². The van der Waals surface area contributed by atoms with Crippen LogP contribution in [0.3, 0.4) is 0 Å². The summed E-state index contributed by atoms with van der Waals surface area (Å²) in [5, 5.41) is 0. The normalized spacial score (nSPS) is 10.4. The van der Waals surface area contributed by atoms with Crippen LogP contribution in [-0.4, -0.2) is 7.69 Å². The fourth-order valence-electron chi connectivity index (χ4n) is 0.310. The molecule has 0 unspecified atom stereocenters. The van der Waals surface area contributed by atoms with Crippen molar-refractivity contribution < 1.29 is 9.31 Å². The zero-order valence-corrected chi connectivity index (χ0v) is 5.83. The second-order valence-electron chi connectivity index (χ2n) is 1.39. The highest BCUT2D eigenvalue weighted by Crippen LogP contribution is 1.77. The van der Waals surface area contributed by atoms with Crippen molar-refractivity contribution >= 4 is 7.69 Å². The minimum absolute atomic E-state index is 0.286. The molecule has 0 saturated heterocycles. The molecular formula is C6H11BO2. The van der Waals surface area contributed by atoms with Gasteiger partial charge in [-0.05, 0) is 13.8 Å². The topological polar surface area (TPSA) is 18.5 Å². The van der Waals surface area contributed by atoms with Crippen LogP contribution in [-0.2, 0) is 9.31 Å². The Bertz CT molecular complexity index is 87.2. The van der Waals surface area contributed by atoms with Crippen LogP contribution < -0.4 is 0 Å². The summed E-state index contributed by atoms with van der Waals surface area (Å²) in [6.45, 7) is 3.77. The lowest BCUT2D eigenvalue weighted by Gasteiger charge is -1.94. The van der Waals surface area contributed by atoms with Crippen LogP contribution in [0.2, 0.25) is 0 Å². The summed E-state index contributed by atoms with van der Waals surface area (Å²) in [5.74, 6) is 0. The first-order valence-corrected chi connectivity index (χ1v) is 2.87. The Morgan fingerprint density at radius 1 is 1.00 bits per heavy atom. The third kappa shape index (κ3) is 7.14. The number of hydrogen-bond donors (Lipinski definition) is 0. The van der Waals surface area contributed by atoms with Gasteiger partial charge < -0.3 is 9.31 Å². The second kappa shape index (κ2) is 7.14. The molecule has 50 valence electrons. The van der Waals surface area contributed by atoms with Gasteiger partial charge in [0.25, 0.3) is 0 Å². The van der Waals surface area contributed by atoms with Crippen LogP contribution in [0.25, 0.3) is 0 Å². The maximum absolute atomic E-state index is 4.83. The summed E-state index contributed by atoms with van der Waals surface area (Å²) in [6, 6.07) is 0. The maximum atomic E-state index is 4.83. The molecule has 0 aromatic carbocycles. The summed E-state index contributed by atoms with van der Waals surface area (Å²) in [7, 11) is 0.286. The van der Waals surface area contributed by atoms with Gasteiger partial charge in [-0.2, -0.15) is 0 Å². The van der Waals surface area contributed by atoms with Crippen LogP contribution in [0.5, 0.6) is 0 Å². The highest BCUT2D eigenvalue weighted by molar-refractivity contribution is 6.18. The van der Waals surface area contributed by atoms with E-state index in [2.05, 4.69) is 0 Å². The SMILES string of the molecule is CC=COBOC=CC. The zero-order chi connectivity index (χ0) is 6.95. The van der Waals surface area contributed by atoms with Crippen molar-refractivity contribution in [2.45, 2.75) is 13.8 Å². The Labute approximate surface area is 56.5 Å². The Hall–Kier alpha value is -0.855. The van der Waals surface area contributed by atoms with Crippen molar-refractivity contribution in [2.75, 3.05) is 0 Å². The quantitative estimate of drug-likeness (QED) is 0.321. The van der Waals surface area contributed by atoms with Crippen LogP contribution >= 0.6 is 0 Å². The van der Waals surface area contributed by atoms with Crippen molar-refractivity contribution in [3.63, 3.8) is 0 Å². The first-order chi connectivity index (χ1) is 4.41. The summed E-state index contributed by atoms with van der Waals surface area (Å²) in [5.41, 5.74) is 0. The molecule has 0 atom stereocenters. The van der Waals surface area contributed by atoms with E-state index >= 15 is 0 Å². The molecule has 9 heavy (non-hydrogen) atoms. The van der Waals surface area contributed by atoms with Crippen LogP contribution in [0, 0.1) is 0 Å². The maximum Gasteiger partial charge on any atom is 0.575 e. The molecule has 0 N–H and O–H groups in total. The van der Waals surface area contributed by atoms with Gasteiger partial charge in [0.05, 0.1) is 12.5 Å². The predicted molar refractivity (Wildman–Crippen MR) is 38.9 cm³/mol. The number of allylic oxidation sites excluding steroid dienone is 2. The summed E-state index contributed by atoms with van der Waals surface area (Å²) >= 11 is 0. The van der Waals surface area contributed by atoms with Gasteiger partial charge in [0.15, 0.2) is 0 Å². The molecule has 0 aromatic rings. The van der Waals surface area contributed by atoms with E-state index in [4.69, 9.17) is 9.31 Å². The van der Waals surface area contributed by atoms with Gasteiger partial charge >= 0.3 is 7.69 Å². The molecule has 0 spiro atoms. The molecule has 0 heterocycles. The molecule has 0 fully saturated rings. The van der Waals surface area contributed by atoms with Gasteiger partial charge in [0, 0.05) is 0 Å². The van der Waals surface area contributed by atoms with E-state index < -0.39 is 0 Å². The standard InChI is InChI=1S/C6H11BO2/c1-3-5-8-7-9-6-4-2/h3-7H,1-2H3. The van der Waals surface area contributed by atoms with Gasteiger partial charge in [0.2, 0.25) is 0 Å². The summed E-state index contributed by atoms with van der Waals surface area (Å²) in [6.07, 6.45) is 6.78. The molecule has 0 rings (SSSR count). The van der Waals surface area contributed by atoms with E-state index in [1.54, 1.807) is 24.7 Å². The molecule has 0 aliphatic rings. The molecule has 0 saturated carbocycles. The van der Waals surface area contributed by atoms with Crippen molar-refractivity contribution in [1.82, 2.24) is 0 Å². The minimum atomic E-state index is 0.286. The second-order valence-corrected chi connectivity index (χ2v) is 1.39. The smallest absolute Gasteiger partial charge is 0.535 e. The van der Waals surface area contributed by atoms with E-state index in [9.17, 15) is 0 Å². The number of hydrogen-bond acceptors (Lipinski definition) is 2. The first kappa shape index (κ1) is 8.14. The number of rotatable bonds is 4. The molecule has 0 amide bonds. The van der Waals surface area contributed by atoms with Gasteiger partial charge in [0.1, 0.15) is 0 Å². The van der Waals surface area contributed by atoms with E-state index in [1.165, 1.54) is 0 Å². The predicted octanol–water partition coefficient (Wildman–Crippen LogP) is 1.35. The highest BCUT2D eigenvalue weighted by Gasteiger charge is 1.81. The lowest BCUT2D eigenvalue weighted by Crippen LogP contribution is -1.93. The Morgan fingerprint density at radius 2 is 1.44 bits per heavy atom. The van der Waals surface area contributed by atoms with Crippen LogP contribution in [0.1, 0.15) is 13.8 Å². The third-order valence-electron chi connectivity index (χ3n) is 0.601. The van der Waals surface area contributed by atoms with Crippen molar-refractivity contribution in [1.29, 1.82) is 0 Å². The molecular weight excluding hydrogens is 115 g/mol. The summed E-state index contributed by atoms with van der Waals surface area (Å²) < 4.78 is 9.66. The first-order valence-electron chi connectivity index (χ1n) is 2.87. The third-order valence-corrected chi connectivity index (χ3v) is 0.601. The van der Waals surface area contributed by atoms with Crippen LogP contribution in [0.15, 0.2) is 24.7 Å². The molecule has 0 radical (unpaired) electrons. The molecule has 0 aromatic heterocycles. The highest BCUT2D eigenvalue weighted by atomic mass is 16.6. The van der Waals surface area contributed by atoms with Crippen molar-refractivity contribution in [3.05, 3.63) is 24.7 Å². The lowest BCUT2D eigenvalue weighted by molar-refractivity contribution is 0.375. The molecule has 0 aliphatic carbocycles. The minimum Gasteiger partial charge on any atom is -0.535 e. The molecule has 2 nitrogen and oxygen atoms in total. The average Bonchev–Trinajstić information content (AvgIpc) is 1.89. The van der Waals surface area contributed by atoms with Gasteiger partial charge in [-0.3, -0.25) is 0 Å². The Balaban J connectivity index is 2.91. The monoisotopic (exact) mass is 126 g/mol. The molecule has 3 heteroatoms. The van der Waals surface area contributed by atoms with E-state index in [0.717, 1.165) is 0 Å². The fourth-order valence-corrected chi connectivity index (χ4v) is 0.310. The van der Waals surface area contributed by atoms with E-state index in [-0.39, 0.29) is 7.69 Å².